The van der Waals surface area contributed by atoms with E-state index in [0.717, 1.165) is 32.1 Å². The fourth-order valence-electron chi connectivity index (χ4n) is 2.18. The lowest BCUT2D eigenvalue weighted by Gasteiger charge is -2.21. The number of rotatable bonds is 16. The van der Waals surface area contributed by atoms with E-state index in [-0.39, 0.29) is 12.2 Å². The maximum Gasteiger partial charge on any atom is 0.106 e. The Morgan fingerprint density at radius 2 is 1.56 bits per heavy atom. The highest BCUT2D eigenvalue weighted by Crippen LogP contribution is 2.28. The van der Waals surface area contributed by atoms with Crippen molar-refractivity contribution < 1.29 is 9.05 Å². The minimum absolute atomic E-state index is 0.00799. The Morgan fingerprint density at radius 3 is 2.26 bits per heavy atom. The molecule has 0 aliphatic carbocycles. The molecule has 0 radical (unpaired) electrons. The minimum atomic E-state index is -0.0931. The van der Waals surface area contributed by atoms with Crippen molar-refractivity contribution in [2.24, 2.45) is 0 Å². The zero-order chi connectivity index (χ0) is 20.0. The van der Waals surface area contributed by atoms with E-state index in [1.54, 1.807) is 0 Å². The monoisotopic (exact) mass is 426 g/mol. The van der Waals surface area contributed by atoms with Gasteiger partial charge in [-0.15, -0.1) is 0 Å². The quantitative estimate of drug-likeness (QED) is 0.143. The molecule has 0 saturated heterocycles. The average molecular weight is 426 g/mol. The Kier molecular flexibility index (Phi) is 21.7. The lowest BCUT2D eigenvalue weighted by molar-refractivity contribution is 0.116. The molecule has 5 atom stereocenters. The van der Waals surface area contributed by atoms with E-state index >= 15 is 0 Å². The van der Waals surface area contributed by atoms with Crippen molar-refractivity contribution in [3.8, 4) is 0 Å². The topological polar surface area (TPSA) is 18.5 Å². The zero-order valence-electron chi connectivity index (χ0n) is 16.8. The Balaban J connectivity index is 4.42. The van der Waals surface area contributed by atoms with E-state index in [1.807, 2.05) is 24.3 Å². The lowest BCUT2D eigenvalue weighted by Crippen LogP contribution is -2.24. The molecule has 0 rings (SSSR count). The highest BCUT2D eigenvalue weighted by molar-refractivity contribution is 8.00. The van der Waals surface area contributed by atoms with Gasteiger partial charge in [-0.05, 0) is 32.1 Å². The highest BCUT2D eigenvalue weighted by atomic mass is 32.0. The van der Waals surface area contributed by atoms with E-state index in [9.17, 15) is 0 Å². The van der Waals surface area contributed by atoms with E-state index in [2.05, 4.69) is 80.9 Å². The van der Waals surface area contributed by atoms with Gasteiger partial charge in [0.15, 0.2) is 0 Å². The molecule has 0 fully saturated rings. The van der Waals surface area contributed by atoms with Crippen LogP contribution in [0, 0.1) is 0 Å². The molecule has 2 nitrogen and oxygen atoms in total. The van der Waals surface area contributed by atoms with Gasteiger partial charge in [-0.2, -0.15) is 0 Å². The van der Waals surface area contributed by atoms with Gasteiger partial charge in [0.25, 0.3) is 0 Å². The summed E-state index contributed by atoms with van der Waals surface area (Å²) in [7, 11) is 5.36. The molecule has 0 aromatic carbocycles. The van der Waals surface area contributed by atoms with Gasteiger partial charge >= 0.3 is 0 Å². The summed E-state index contributed by atoms with van der Waals surface area (Å²) in [6.07, 6.45) is 31.6. The molecular formula is C22H37O2P3. The summed E-state index contributed by atoms with van der Waals surface area (Å²) < 4.78 is 11.4. The third-order valence-corrected chi connectivity index (χ3v) is 4.78. The van der Waals surface area contributed by atoms with Crippen LogP contribution < -0.4 is 0 Å². The second kappa shape index (κ2) is 21.9. The van der Waals surface area contributed by atoms with Crippen molar-refractivity contribution in [2.45, 2.75) is 64.6 Å². The van der Waals surface area contributed by atoms with Crippen LogP contribution in [0.3, 0.4) is 0 Å². The second-order valence-electron chi connectivity index (χ2n) is 5.89. The SMILES string of the molecule is CC/C=C\C/C=C\CC(OPP)C(\C=C/C=C\C=C/C/C=C\CCC)OP. The molecular weight excluding hydrogens is 389 g/mol. The van der Waals surface area contributed by atoms with Crippen LogP contribution in [0.1, 0.15) is 52.4 Å². The Bertz CT molecular complexity index is 494. The average Bonchev–Trinajstić information content (AvgIpc) is 2.68. The second-order valence-corrected chi connectivity index (χ2v) is 7.34. The maximum absolute atomic E-state index is 5.85. The zero-order valence-corrected chi connectivity index (χ0v) is 20.1. The van der Waals surface area contributed by atoms with Crippen molar-refractivity contribution in [3.05, 3.63) is 72.9 Å². The lowest BCUT2D eigenvalue weighted by atomic mass is 10.1. The first-order valence-corrected chi connectivity index (χ1v) is 12.9. The van der Waals surface area contributed by atoms with Gasteiger partial charge in [-0.25, -0.2) is 0 Å². The Labute approximate surface area is 173 Å². The largest absolute Gasteiger partial charge is 0.356 e. The summed E-state index contributed by atoms with van der Waals surface area (Å²) in [6, 6.07) is 0. The number of hydrogen-bond acceptors (Lipinski definition) is 2. The summed E-state index contributed by atoms with van der Waals surface area (Å²) >= 11 is 0. The summed E-state index contributed by atoms with van der Waals surface area (Å²) in [5.74, 6) is 0. The van der Waals surface area contributed by atoms with Gasteiger partial charge in [0, 0.05) is 18.0 Å². The van der Waals surface area contributed by atoms with Crippen molar-refractivity contribution in [3.63, 3.8) is 0 Å². The first-order chi connectivity index (χ1) is 13.3. The van der Waals surface area contributed by atoms with Gasteiger partial charge in [0.05, 0.1) is 6.10 Å². The van der Waals surface area contributed by atoms with Gasteiger partial charge in [0.2, 0.25) is 0 Å². The van der Waals surface area contributed by atoms with Crippen LogP contribution in [0.5, 0.6) is 0 Å². The summed E-state index contributed by atoms with van der Waals surface area (Å²) in [6.45, 7) is 4.34. The Hall–Kier alpha value is -0.350. The molecule has 152 valence electrons. The third kappa shape index (κ3) is 17.5. The van der Waals surface area contributed by atoms with Crippen molar-refractivity contribution in [1.82, 2.24) is 0 Å². The summed E-state index contributed by atoms with van der Waals surface area (Å²) in [5, 5.41) is 0. The molecule has 0 aliphatic heterocycles. The maximum atomic E-state index is 5.85. The van der Waals surface area contributed by atoms with Gasteiger partial charge in [-0.3, -0.25) is 0 Å². The molecule has 0 aromatic rings. The van der Waals surface area contributed by atoms with Crippen LogP contribution >= 0.6 is 26.9 Å². The van der Waals surface area contributed by atoms with Crippen LogP contribution in [-0.4, -0.2) is 12.2 Å². The standard InChI is InChI=1S/C22H37O2P3/c1-3-5-7-9-11-12-13-14-16-17-19-21(23-25)22(24-27-26)20-18-15-10-8-6-4-2/h6-9,12-19,21-22,27H,3-5,10-11,20,25-26H2,1-2H3/b8-6-,9-7-,13-12-,16-14-,18-15-,19-17-. The molecule has 5 unspecified atom stereocenters. The number of allylic oxidation sites excluding steroid dienone is 10. The molecule has 0 spiro atoms. The van der Waals surface area contributed by atoms with Gasteiger partial charge in [-0.1, -0.05) is 102 Å². The first-order valence-electron chi connectivity index (χ1n) is 9.71. The van der Waals surface area contributed by atoms with Crippen LogP contribution in [0.15, 0.2) is 72.9 Å². The van der Waals surface area contributed by atoms with Crippen molar-refractivity contribution >= 4 is 26.9 Å². The molecule has 5 heteroatoms. The first kappa shape index (κ1) is 26.6. The predicted molar refractivity (Wildman–Crippen MR) is 131 cm³/mol. The van der Waals surface area contributed by atoms with Gasteiger partial charge < -0.3 is 9.05 Å². The fourth-order valence-corrected chi connectivity index (χ4v) is 3.38. The molecule has 27 heavy (non-hydrogen) atoms. The normalized spacial score (nSPS) is 16.0. The molecule has 0 saturated carbocycles. The van der Waals surface area contributed by atoms with Crippen LogP contribution in [-0.2, 0) is 9.05 Å². The molecule has 0 bridgehead atoms. The fraction of sp³-hybridized carbons (Fsp3) is 0.455. The Morgan fingerprint density at radius 1 is 0.852 bits per heavy atom. The molecule has 0 aromatic heterocycles. The highest BCUT2D eigenvalue weighted by Gasteiger charge is 2.17. The van der Waals surface area contributed by atoms with Crippen molar-refractivity contribution in [2.75, 3.05) is 0 Å². The van der Waals surface area contributed by atoms with Crippen LogP contribution in [0.4, 0.5) is 0 Å². The molecule has 0 amide bonds. The van der Waals surface area contributed by atoms with Gasteiger partial charge in [0.1, 0.15) is 6.10 Å². The number of hydrogen-bond donors (Lipinski definition) is 0. The van der Waals surface area contributed by atoms with Crippen LogP contribution in [0.25, 0.3) is 0 Å². The summed E-state index contributed by atoms with van der Waals surface area (Å²) in [5.41, 5.74) is 0. The van der Waals surface area contributed by atoms with E-state index in [1.165, 1.54) is 6.42 Å². The predicted octanol–water partition coefficient (Wildman–Crippen LogP) is 7.65. The summed E-state index contributed by atoms with van der Waals surface area (Å²) in [4.78, 5) is 0. The van der Waals surface area contributed by atoms with E-state index in [4.69, 9.17) is 9.05 Å². The number of unbranched alkanes of at least 4 members (excludes halogenated alkanes) is 1. The van der Waals surface area contributed by atoms with Crippen LogP contribution in [0.2, 0.25) is 0 Å². The minimum Gasteiger partial charge on any atom is -0.356 e. The van der Waals surface area contributed by atoms with E-state index in [0.29, 0.717) is 8.50 Å². The third-order valence-electron chi connectivity index (χ3n) is 3.62. The van der Waals surface area contributed by atoms with Crippen molar-refractivity contribution in [1.29, 1.82) is 0 Å². The smallest absolute Gasteiger partial charge is 0.106 e. The molecule has 0 heterocycles. The van der Waals surface area contributed by atoms with E-state index < -0.39 is 0 Å². The molecule has 0 aliphatic rings. The molecule has 0 N–H and O–H groups in total.